The van der Waals surface area contributed by atoms with Crippen LogP contribution >= 0.6 is 0 Å². The Bertz CT molecular complexity index is 1050. The lowest BCUT2D eigenvalue weighted by Crippen LogP contribution is -2.32. The molecule has 1 aliphatic rings. The van der Waals surface area contributed by atoms with E-state index >= 15 is 0 Å². The molecule has 30 heavy (non-hydrogen) atoms. The van der Waals surface area contributed by atoms with Crippen molar-refractivity contribution in [1.29, 1.82) is 0 Å². The number of nitrogens with zero attached hydrogens (tertiary/aromatic N) is 3. The number of hydrogen-bond donors (Lipinski definition) is 4. The summed E-state index contributed by atoms with van der Waals surface area (Å²) < 4.78 is 0. The fraction of sp³-hybridized carbons (Fsp3) is 0.158. The molecule has 5 N–H and O–H groups in total. The van der Waals surface area contributed by atoms with Gasteiger partial charge < -0.3 is 16.4 Å². The number of nitro groups is 1. The number of hydrogen-bond acceptors (Lipinski definition) is 6. The minimum atomic E-state index is -0.978. The zero-order valence-electron chi connectivity index (χ0n) is 16.0. The summed E-state index contributed by atoms with van der Waals surface area (Å²) in [7, 11) is 0. The molecule has 0 saturated carbocycles. The Hall–Kier alpha value is -4.28. The summed E-state index contributed by atoms with van der Waals surface area (Å²) in [5, 5.41) is 18.9. The van der Waals surface area contributed by atoms with Gasteiger partial charge in [-0.1, -0.05) is 24.3 Å². The highest BCUT2D eigenvalue weighted by Crippen LogP contribution is 2.22. The lowest BCUT2D eigenvalue weighted by atomic mass is 10.1. The van der Waals surface area contributed by atoms with E-state index in [0.717, 1.165) is 0 Å². The van der Waals surface area contributed by atoms with Crippen LogP contribution in [0.15, 0.2) is 58.5 Å². The van der Waals surface area contributed by atoms with Crippen LogP contribution in [0.1, 0.15) is 12.0 Å². The van der Waals surface area contributed by atoms with Gasteiger partial charge in [-0.25, -0.2) is 4.99 Å². The highest BCUT2D eigenvalue weighted by atomic mass is 16.6. The number of amides is 2. The highest BCUT2D eigenvalue weighted by Gasteiger charge is 2.29. The SMILES string of the molecule is Cc1ccc(NC(=O)C[C@H]2N=C(N=C(N)Nc3ccccc3)NC2=O)cc1[N+](=O)[O-]. The van der Waals surface area contributed by atoms with E-state index in [2.05, 4.69) is 25.9 Å². The summed E-state index contributed by atoms with van der Waals surface area (Å²) in [5.74, 6) is -0.994. The van der Waals surface area contributed by atoms with E-state index in [9.17, 15) is 19.7 Å². The molecule has 0 spiro atoms. The van der Waals surface area contributed by atoms with E-state index < -0.39 is 22.8 Å². The van der Waals surface area contributed by atoms with Gasteiger partial charge in [0.15, 0.2) is 0 Å². The molecule has 11 nitrogen and oxygen atoms in total. The molecule has 0 unspecified atom stereocenters. The van der Waals surface area contributed by atoms with Gasteiger partial charge in [-0.15, -0.1) is 0 Å². The van der Waals surface area contributed by atoms with Crippen LogP contribution in [0.2, 0.25) is 0 Å². The Morgan fingerprint density at radius 3 is 2.67 bits per heavy atom. The van der Waals surface area contributed by atoms with Gasteiger partial charge in [0.05, 0.1) is 11.3 Å². The van der Waals surface area contributed by atoms with Gasteiger partial charge in [-0.2, -0.15) is 4.99 Å². The van der Waals surface area contributed by atoms with E-state index in [1.165, 1.54) is 12.1 Å². The quantitative estimate of drug-likeness (QED) is 0.253. The zero-order chi connectivity index (χ0) is 21.7. The fourth-order valence-electron chi connectivity index (χ4n) is 2.71. The molecular formula is C19H19N7O4. The van der Waals surface area contributed by atoms with Crippen LogP contribution < -0.4 is 21.7 Å². The summed E-state index contributed by atoms with van der Waals surface area (Å²) in [6.07, 6.45) is -0.251. The molecular weight excluding hydrogens is 390 g/mol. The molecule has 1 atom stereocenters. The lowest BCUT2D eigenvalue weighted by Gasteiger charge is -2.07. The van der Waals surface area contributed by atoms with Gasteiger partial charge in [0.2, 0.25) is 17.8 Å². The summed E-state index contributed by atoms with van der Waals surface area (Å²) in [5.41, 5.74) is 7.14. The second-order valence-corrected chi connectivity index (χ2v) is 6.46. The highest BCUT2D eigenvalue weighted by molar-refractivity contribution is 6.11. The molecule has 0 aromatic heterocycles. The van der Waals surface area contributed by atoms with Crippen molar-refractivity contribution in [2.45, 2.75) is 19.4 Å². The molecule has 0 saturated heterocycles. The first-order chi connectivity index (χ1) is 14.3. The van der Waals surface area contributed by atoms with Crippen molar-refractivity contribution in [2.24, 2.45) is 15.7 Å². The van der Waals surface area contributed by atoms with Crippen LogP contribution in [0.3, 0.4) is 0 Å². The first kappa shape index (κ1) is 20.5. The van der Waals surface area contributed by atoms with Gasteiger partial charge in [0.25, 0.3) is 11.6 Å². The van der Waals surface area contributed by atoms with Gasteiger partial charge >= 0.3 is 0 Å². The summed E-state index contributed by atoms with van der Waals surface area (Å²) in [6, 6.07) is 12.4. The predicted octanol–water partition coefficient (Wildman–Crippen LogP) is 1.51. The number of anilines is 2. The van der Waals surface area contributed by atoms with Crippen LogP contribution in [-0.4, -0.2) is 34.7 Å². The van der Waals surface area contributed by atoms with Crippen molar-refractivity contribution in [3.05, 3.63) is 64.2 Å². The van der Waals surface area contributed by atoms with E-state index in [1.807, 2.05) is 18.2 Å². The number of nitrogens with one attached hydrogen (secondary N) is 3. The van der Waals surface area contributed by atoms with E-state index in [4.69, 9.17) is 5.73 Å². The first-order valence-corrected chi connectivity index (χ1v) is 8.91. The van der Waals surface area contributed by atoms with Crippen LogP contribution in [0.4, 0.5) is 17.1 Å². The number of benzene rings is 2. The number of aryl methyl sites for hydroxylation is 1. The number of aliphatic imine (C=N–C) groups is 2. The fourth-order valence-corrected chi connectivity index (χ4v) is 2.71. The third-order valence-electron chi connectivity index (χ3n) is 4.16. The first-order valence-electron chi connectivity index (χ1n) is 8.91. The maximum absolute atomic E-state index is 12.2. The summed E-state index contributed by atoms with van der Waals surface area (Å²) in [4.78, 5) is 42.9. The second-order valence-electron chi connectivity index (χ2n) is 6.46. The number of carbonyl (C=O) groups excluding carboxylic acids is 2. The van der Waals surface area contributed by atoms with Crippen LogP contribution in [0, 0.1) is 17.0 Å². The van der Waals surface area contributed by atoms with Gasteiger partial charge in [-0.05, 0) is 25.1 Å². The molecule has 0 aliphatic carbocycles. The Morgan fingerprint density at radius 2 is 1.97 bits per heavy atom. The van der Waals surface area contributed by atoms with Crippen molar-refractivity contribution in [3.8, 4) is 0 Å². The smallest absolute Gasteiger partial charge is 0.274 e. The van der Waals surface area contributed by atoms with Crippen LogP contribution in [-0.2, 0) is 9.59 Å². The molecule has 0 bridgehead atoms. The van der Waals surface area contributed by atoms with Crippen molar-refractivity contribution >= 4 is 40.8 Å². The van der Waals surface area contributed by atoms with E-state index in [0.29, 0.717) is 11.3 Å². The van der Waals surface area contributed by atoms with E-state index in [1.54, 1.807) is 25.1 Å². The molecule has 0 radical (unpaired) electrons. The topological polar surface area (TPSA) is 164 Å². The van der Waals surface area contributed by atoms with Gasteiger partial charge in [0.1, 0.15) is 6.04 Å². The Kier molecular flexibility index (Phi) is 6.01. The molecule has 2 aromatic carbocycles. The number of carbonyl (C=O) groups is 2. The monoisotopic (exact) mass is 409 g/mol. The molecule has 1 aliphatic heterocycles. The number of nitrogens with two attached hydrogens (primary N) is 1. The average molecular weight is 409 g/mol. The third kappa shape index (κ3) is 5.16. The average Bonchev–Trinajstić information content (AvgIpc) is 3.02. The number of rotatable bonds is 5. The van der Waals surface area contributed by atoms with Crippen molar-refractivity contribution in [3.63, 3.8) is 0 Å². The van der Waals surface area contributed by atoms with Gasteiger partial charge in [0, 0.05) is 23.0 Å². The molecule has 154 valence electrons. The van der Waals surface area contributed by atoms with Crippen molar-refractivity contribution < 1.29 is 14.5 Å². The normalized spacial score (nSPS) is 15.9. The number of para-hydroxylation sites is 1. The van der Waals surface area contributed by atoms with Crippen LogP contribution in [0.5, 0.6) is 0 Å². The summed E-state index contributed by atoms with van der Waals surface area (Å²) >= 11 is 0. The summed E-state index contributed by atoms with van der Waals surface area (Å²) in [6.45, 7) is 1.60. The second kappa shape index (κ2) is 8.82. The standard InChI is InChI=1S/C19H19N7O4/c1-11-7-8-13(9-15(11)26(29)30)21-16(27)10-14-17(28)24-19(23-14)25-18(20)22-12-5-3-2-4-6-12/h2-9,14H,10H2,1H3,(H,21,27)(H4,20,22,23,24,25,28)/t14-/m1/s1. The maximum Gasteiger partial charge on any atom is 0.274 e. The van der Waals surface area contributed by atoms with E-state index in [-0.39, 0.29) is 29.7 Å². The minimum Gasteiger partial charge on any atom is -0.369 e. The largest absolute Gasteiger partial charge is 0.369 e. The van der Waals surface area contributed by atoms with Gasteiger partial charge in [-0.3, -0.25) is 25.0 Å². The maximum atomic E-state index is 12.2. The predicted molar refractivity (Wildman–Crippen MR) is 112 cm³/mol. The molecule has 11 heteroatoms. The zero-order valence-corrected chi connectivity index (χ0v) is 16.0. The minimum absolute atomic E-state index is 0.00953. The molecule has 3 rings (SSSR count). The molecule has 2 aromatic rings. The Morgan fingerprint density at radius 1 is 1.23 bits per heavy atom. The Labute approximate surface area is 171 Å². The molecule has 2 amide bonds. The van der Waals surface area contributed by atoms with Crippen molar-refractivity contribution in [2.75, 3.05) is 10.6 Å². The number of guanidine groups is 2. The Balaban J connectivity index is 1.62. The molecule has 1 heterocycles. The number of nitro benzene ring substituents is 1. The lowest BCUT2D eigenvalue weighted by molar-refractivity contribution is -0.385. The van der Waals surface area contributed by atoms with Crippen LogP contribution in [0.25, 0.3) is 0 Å². The van der Waals surface area contributed by atoms with Crippen molar-refractivity contribution in [1.82, 2.24) is 5.32 Å². The molecule has 0 fully saturated rings. The third-order valence-corrected chi connectivity index (χ3v) is 4.16.